The average molecular weight is 308 g/mol. The molecule has 0 bridgehead atoms. The van der Waals surface area contributed by atoms with Gasteiger partial charge in [0.2, 0.25) is 0 Å². The van der Waals surface area contributed by atoms with Crippen molar-refractivity contribution >= 4 is 6.29 Å². The fourth-order valence-electron chi connectivity index (χ4n) is 2.80. The van der Waals surface area contributed by atoms with Gasteiger partial charge in [-0.05, 0) is 6.92 Å². The Morgan fingerprint density at radius 2 is 1.86 bits per heavy atom. The summed E-state index contributed by atoms with van der Waals surface area (Å²) in [4.78, 5) is 13.4. The first-order valence-electron chi connectivity index (χ1n) is 7.36. The summed E-state index contributed by atoms with van der Waals surface area (Å²) in [6.45, 7) is 4.36. The molecule has 0 amide bonds. The molecular formula is C16H24N2O4. The molecule has 122 valence electrons. The molecule has 0 aliphatic carbocycles. The summed E-state index contributed by atoms with van der Waals surface area (Å²) in [5.41, 5.74) is 0.962. The maximum Gasteiger partial charge on any atom is 0.138 e. The van der Waals surface area contributed by atoms with Crippen LogP contribution >= 0.6 is 0 Å². The van der Waals surface area contributed by atoms with E-state index in [1.807, 2.05) is 19.1 Å². The molecule has 2 atom stereocenters. The second-order valence-electron chi connectivity index (χ2n) is 5.34. The van der Waals surface area contributed by atoms with Crippen LogP contribution in [-0.2, 0) is 11.3 Å². The van der Waals surface area contributed by atoms with Gasteiger partial charge in [-0.1, -0.05) is 0 Å². The van der Waals surface area contributed by atoms with Crippen LogP contribution in [0.2, 0.25) is 0 Å². The number of nitrogens with one attached hydrogen (secondary N) is 1. The summed E-state index contributed by atoms with van der Waals surface area (Å²) in [6.07, 6.45) is 0.972. The van der Waals surface area contributed by atoms with Crippen molar-refractivity contribution in [2.75, 3.05) is 34.4 Å². The van der Waals surface area contributed by atoms with Gasteiger partial charge in [-0.25, -0.2) is 0 Å². The van der Waals surface area contributed by atoms with Gasteiger partial charge in [0, 0.05) is 37.8 Å². The highest BCUT2D eigenvalue weighted by molar-refractivity contribution is 5.59. The molecule has 1 N–H and O–H groups in total. The Bertz CT molecular complexity index is 496. The van der Waals surface area contributed by atoms with Crippen LogP contribution in [-0.4, -0.2) is 57.7 Å². The van der Waals surface area contributed by atoms with Crippen LogP contribution in [0.3, 0.4) is 0 Å². The van der Waals surface area contributed by atoms with E-state index in [1.165, 1.54) is 0 Å². The van der Waals surface area contributed by atoms with Gasteiger partial charge in [0.05, 0.1) is 32.9 Å². The fourth-order valence-corrected chi connectivity index (χ4v) is 2.80. The van der Waals surface area contributed by atoms with Gasteiger partial charge < -0.3 is 24.3 Å². The summed E-state index contributed by atoms with van der Waals surface area (Å²) in [7, 11) is 4.88. The molecule has 1 aromatic rings. The zero-order valence-corrected chi connectivity index (χ0v) is 13.6. The molecule has 0 radical (unpaired) electrons. The number of carbonyl (C=O) groups excluding carboxylic acids is 1. The molecule has 1 aliphatic rings. The number of methoxy groups -OCH3 is 3. The van der Waals surface area contributed by atoms with Gasteiger partial charge in [-0.3, -0.25) is 4.90 Å². The lowest BCUT2D eigenvalue weighted by molar-refractivity contribution is -0.111. The first-order chi connectivity index (χ1) is 10.6. The number of nitrogens with zero attached hydrogens (tertiary/aromatic N) is 1. The topological polar surface area (TPSA) is 60.0 Å². The van der Waals surface area contributed by atoms with E-state index in [1.54, 1.807) is 21.3 Å². The largest absolute Gasteiger partial charge is 0.496 e. The van der Waals surface area contributed by atoms with Crippen LogP contribution < -0.4 is 19.5 Å². The van der Waals surface area contributed by atoms with Gasteiger partial charge in [0.1, 0.15) is 23.5 Å². The van der Waals surface area contributed by atoms with E-state index in [0.29, 0.717) is 12.3 Å². The first kappa shape index (κ1) is 16.6. The molecule has 1 aromatic carbocycles. The number of carbonyl (C=O) groups is 1. The SMILES string of the molecule is COc1cc(OC)c(CN2CCNC(C=O)C2C)c(OC)c1. The molecule has 1 aliphatic heterocycles. The van der Waals surface area contributed by atoms with E-state index >= 15 is 0 Å². The van der Waals surface area contributed by atoms with Crippen molar-refractivity contribution in [2.45, 2.75) is 25.6 Å². The molecule has 0 spiro atoms. The van der Waals surface area contributed by atoms with Gasteiger partial charge in [-0.2, -0.15) is 0 Å². The average Bonchev–Trinajstić information content (AvgIpc) is 2.56. The quantitative estimate of drug-likeness (QED) is 0.794. The number of aldehydes is 1. The van der Waals surface area contributed by atoms with E-state index < -0.39 is 0 Å². The van der Waals surface area contributed by atoms with Crippen LogP contribution in [0.1, 0.15) is 12.5 Å². The van der Waals surface area contributed by atoms with E-state index in [2.05, 4.69) is 10.2 Å². The minimum absolute atomic E-state index is 0.114. The Labute approximate surface area is 131 Å². The summed E-state index contributed by atoms with van der Waals surface area (Å²) in [5.74, 6) is 2.14. The van der Waals surface area contributed by atoms with E-state index in [-0.39, 0.29) is 12.1 Å². The molecule has 6 heteroatoms. The second kappa shape index (κ2) is 7.47. The number of hydrogen-bond acceptors (Lipinski definition) is 6. The molecule has 1 fully saturated rings. The molecular weight excluding hydrogens is 284 g/mol. The number of benzene rings is 1. The second-order valence-corrected chi connectivity index (χ2v) is 5.34. The van der Waals surface area contributed by atoms with Crippen molar-refractivity contribution in [3.63, 3.8) is 0 Å². The van der Waals surface area contributed by atoms with E-state index in [9.17, 15) is 4.79 Å². The predicted octanol–water partition coefficient (Wildman–Crippen LogP) is 1.07. The maximum atomic E-state index is 11.1. The van der Waals surface area contributed by atoms with Crippen LogP contribution in [0.4, 0.5) is 0 Å². The zero-order chi connectivity index (χ0) is 16.1. The van der Waals surface area contributed by atoms with Crippen molar-refractivity contribution in [3.05, 3.63) is 17.7 Å². The smallest absolute Gasteiger partial charge is 0.138 e. The molecule has 2 rings (SSSR count). The van der Waals surface area contributed by atoms with Gasteiger partial charge in [0.15, 0.2) is 0 Å². The fraction of sp³-hybridized carbons (Fsp3) is 0.562. The molecule has 2 unspecified atom stereocenters. The third-order valence-corrected chi connectivity index (χ3v) is 4.20. The summed E-state index contributed by atoms with van der Waals surface area (Å²) in [5, 5.41) is 3.22. The van der Waals surface area contributed by atoms with Crippen LogP contribution in [0.15, 0.2) is 12.1 Å². The van der Waals surface area contributed by atoms with Crippen molar-refractivity contribution in [3.8, 4) is 17.2 Å². The van der Waals surface area contributed by atoms with E-state index in [4.69, 9.17) is 14.2 Å². The Morgan fingerprint density at radius 1 is 1.23 bits per heavy atom. The number of hydrogen-bond donors (Lipinski definition) is 1. The summed E-state index contributed by atoms with van der Waals surface area (Å²) >= 11 is 0. The molecule has 1 saturated heterocycles. The lowest BCUT2D eigenvalue weighted by atomic mass is 10.0. The Balaban J connectivity index is 2.29. The summed E-state index contributed by atoms with van der Waals surface area (Å²) in [6, 6.07) is 3.66. The summed E-state index contributed by atoms with van der Waals surface area (Å²) < 4.78 is 16.2. The van der Waals surface area contributed by atoms with Gasteiger partial charge in [-0.15, -0.1) is 0 Å². The van der Waals surface area contributed by atoms with Crippen LogP contribution in [0.5, 0.6) is 17.2 Å². The van der Waals surface area contributed by atoms with Gasteiger partial charge in [0.25, 0.3) is 0 Å². The maximum absolute atomic E-state index is 11.1. The van der Waals surface area contributed by atoms with E-state index in [0.717, 1.165) is 36.4 Å². The van der Waals surface area contributed by atoms with Crippen molar-refractivity contribution in [1.82, 2.24) is 10.2 Å². The van der Waals surface area contributed by atoms with Crippen molar-refractivity contribution in [1.29, 1.82) is 0 Å². The normalized spacial score (nSPS) is 22.2. The molecule has 1 heterocycles. The standard InChI is InChI=1S/C16H24N2O4/c1-11-14(10-19)17-5-6-18(11)9-13-15(21-3)7-12(20-2)8-16(13)22-4/h7-8,10-11,14,17H,5-6,9H2,1-4H3. The Hall–Kier alpha value is -1.79. The van der Waals surface area contributed by atoms with Gasteiger partial charge >= 0.3 is 0 Å². The third kappa shape index (κ3) is 3.34. The number of piperazine rings is 1. The predicted molar refractivity (Wildman–Crippen MR) is 83.8 cm³/mol. The van der Waals surface area contributed by atoms with Crippen molar-refractivity contribution in [2.24, 2.45) is 0 Å². The third-order valence-electron chi connectivity index (χ3n) is 4.20. The molecule has 6 nitrogen and oxygen atoms in total. The van der Waals surface area contributed by atoms with Crippen LogP contribution in [0.25, 0.3) is 0 Å². The Morgan fingerprint density at radius 3 is 2.36 bits per heavy atom. The molecule has 22 heavy (non-hydrogen) atoms. The minimum Gasteiger partial charge on any atom is -0.496 e. The molecule has 0 aromatic heterocycles. The Kier molecular flexibility index (Phi) is 5.63. The zero-order valence-electron chi connectivity index (χ0n) is 13.6. The first-order valence-corrected chi connectivity index (χ1v) is 7.36. The monoisotopic (exact) mass is 308 g/mol. The highest BCUT2D eigenvalue weighted by atomic mass is 16.5. The lowest BCUT2D eigenvalue weighted by Gasteiger charge is -2.38. The number of rotatable bonds is 6. The van der Waals surface area contributed by atoms with Crippen LogP contribution in [0, 0.1) is 0 Å². The lowest BCUT2D eigenvalue weighted by Crippen LogP contribution is -2.56. The molecule has 0 saturated carbocycles. The number of ether oxygens (including phenoxy) is 3. The minimum atomic E-state index is -0.149. The van der Waals surface area contributed by atoms with Crippen molar-refractivity contribution < 1.29 is 19.0 Å². The highest BCUT2D eigenvalue weighted by Gasteiger charge is 2.28. The highest BCUT2D eigenvalue weighted by Crippen LogP contribution is 2.35.